The molecule has 0 unspecified atom stereocenters. The third-order valence-corrected chi connectivity index (χ3v) is 3.87. The van der Waals surface area contributed by atoms with Crippen LogP contribution in [0.3, 0.4) is 0 Å². The topological polar surface area (TPSA) is 66.6 Å². The van der Waals surface area contributed by atoms with Gasteiger partial charge in [0.1, 0.15) is 11.2 Å². The van der Waals surface area contributed by atoms with Gasteiger partial charge in [0, 0.05) is 18.9 Å². The number of imidazole rings is 1. The van der Waals surface area contributed by atoms with Crippen molar-refractivity contribution >= 4 is 11.6 Å². The number of rotatable bonds is 4. The average Bonchev–Trinajstić information content (AvgIpc) is 2.68. The molecule has 5 heteroatoms. The minimum atomic E-state index is -0.752. The van der Waals surface area contributed by atoms with Crippen molar-refractivity contribution in [1.29, 1.82) is 0 Å². The molecule has 0 aliphatic heterocycles. The summed E-state index contributed by atoms with van der Waals surface area (Å²) < 4.78 is 1.97. The second-order valence-electron chi connectivity index (χ2n) is 5.30. The Morgan fingerprint density at radius 1 is 1.47 bits per heavy atom. The van der Waals surface area contributed by atoms with E-state index in [1.54, 1.807) is 0 Å². The first kappa shape index (κ1) is 12.2. The van der Waals surface area contributed by atoms with Crippen LogP contribution in [-0.2, 0) is 11.3 Å². The maximum Gasteiger partial charge on any atom is 0.323 e. The molecule has 0 saturated heterocycles. The molecule has 3 rings (SSSR count). The Morgan fingerprint density at radius 2 is 2.26 bits per heavy atom. The van der Waals surface area contributed by atoms with Crippen LogP contribution in [0.1, 0.15) is 30.5 Å². The Morgan fingerprint density at radius 3 is 2.89 bits per heavy atom. The van der Waals surface area contributed by atoms with E-state index in [1.165, 1.54) is 5.56 Å². The third-order valence-electron chi connectivity index (χ3n) is 3.87. The average molecular weight is 259 g/mol. The van der Waals surface area contributed by atoms with Gasteiger partial charge in [-0.15, -0.1) is 0 Å². The van der Waals surface area contributed by atoms with Crippen LogP contribution in [-0.4, -0.2) is 26.0 Å². The molecule has 100 valence electrons. The summed E-state index contributed by atoms with van der Waals surface area (Å²) in [5, 5.41) is 12.4. The fraction of sp³-hybridized carbons (Fsp3) is 0.429. The smallest absolute Gasteiger partial charge is 0.323 e. The number of aromatic nitrogens is 2. The SMILES string of the molecule is Cc1ccc2nc(CNC3(C(=O)O)CCC3)cn2c1. The van der Waals surface area contributed by atoms with Gasteiger partial charge in [-0.1, -0.05) is 6.07 Å². The molecule has 0 aromatic carbocycles. The summed E-state index contributed by atoms with van der Waals surface area (Å²) in [5.74, 6) is -0.752. The molecule has 0 atom stereocenters. The highest BCUT2D eigenvalue weighted by Gasteiger charge is 2.43. The molecule has 2 heterocycles. The van der Waals surface area contributed by atoms with Gasteiger partial charge in [0.25, 0.3) is 0 Å². The number of fused-ring (bicyclic) bond motifs is 1. The Labute approximate surface area is 111 Å². The second-order valence-corrected chi connectivity index (χ2v) is 5.30. The number of nitrogens with one attached hydrogen (secondary N) is 1. The lowest BCUT2D eigenvalue weighted by molar-refractivity contribution is -0.148. The molecule has 1 aliphatic carbocycles. The standard InChI is InChI=1S/C14H17N3O2/c1-10-3-4-12-16-11(9-17(12)8-10)7-15-14(13(18)19)5-2-6-14/h3-4,8-9,15H,2,5-7H2,1H3,(H,18,19). The first-order valence-electron chi connectivity index (χ1n) is 6.52. The molecule has 0 radical (unpaired) electrons. The normalized spacial score (nSPS) is 17.3. The zero-order valence-corrected chi connectivity index (χ0v) is 10.9. The van der Waals surface area contributed by atoms with Crippen molar-refractivity contribution in [1.82, 2.24) is 14.7 Å². The van der Waals surface area contributed by atoms with Gasteiger partial charge < -0.3 is 9.51 Å². The number of aryl methyl sites for hydroxylation is 1. The Hall–Kier alpha value is -1.88. The second kappa shape index (κ2) is 4.35. The van der Waals surface area contributed by atoms with Gasteiger partial charge >= 0.3 is 5.97 Å². The van der Waals surface area contributed by atoms with E-state index in [9.17, 15) is 9.90 Å². The van der Waals surface area contributed by atoms with Crippen LogP contribution in [0.25, 0.3) is 5.65 Å². The van der Waals surface area contributed by atoms with Crippen LogP contribution >= 0.6 is 0 Å². The van der Waals surface area contributed by atoms with Gasteiger partial charge in [-0.2, -0.15) is 0 Å². The number of carboxylic acid groups (broad SMARTS) is 1. The van der Waals surface area contributed by atoms with Gasteiger partial charge in [-0.25, -0.2) is 4.98 Å². The van der Waals surface area contributed by atoms with Gasteiger partial charge in [-0.3, -0.25) is 10.1 Å². The van der Waals surface area contributed by atoms with Crippen molar-refractivity contribution in [3.63, 3.8) is 0 Å². The van der Waals surface area contributed by atoms with Gasteiger partial charge in [0.05, 0.1) is 5.69 Å². The van der Waals surface area contributed by atoms with Crippen LogP contribution in [0.4, 0.5) is 0 Å². The highest BCUT2D eigenvalue weighted by molar-refractivity contribution is 5.79. The lowest BCUT2D eigenvalue weighted by Gasteiger charge is -2.38. The van der Waals surface area contributed by atoms with E-state index >= 15 is 0 Å². The lowest BCUT2D eigenvalue weighted by atomic mass is 9.77. The summed E-state index contributed by atoms with van der Waals surface area (Å²) in [4.78, 5) is 15.7. The predicted molar refractivity (Wildman–Crippen MR) is 71.0 cm³/mol. The molecular weight excluding hydrogens is 242 g/mol. The van der Waals surface area contributed by atoms with Crippen LogP contribution in [0.2, 0.25) is 0 Å². The monoisotopic (exact) mass is 259 g/mol. The van der Waals surface area contributed by atoms with Gasteiger partial charge in [0.15, 0.2) is 0 Å². The molecule has 0 bridgehead atoms. The van der Waals surface area contributed by atoms with E-state index < -0.39 is 11.5 Å². The molecule has 1 fully saturated rings. The van der Waals surface area contributed by atoms with E-state index in [0.717, 1.165) is 17.8 Å². The number of carbonyl (C=O) groups is 1. The molecule has 2 aromatic rings. The lowest BCUT2D eigenvalue weighted by Crippen LogP contribution is -2.56. The van der Waals surface area contributed by atoms with Gasteiger partial charge in [-0.05, 0) is 37.8 Å². The number of hydrogen-bond acceptors (Lipinski definition) is 3. The molecule has 5 nitrogen and oxygen atoms in total. The molecular formula is C14H17N3O2. The summed E-state index contributed by atoms with van der Waals surface area (Å²) >= 11 is 0. The van der Waals surface area contributed by atoms with Crippen molar-refractivity contribution < 1.29 is 9.90 Å². The maximum absolute atomic E-state index is 11.3. The Kier molecular flexibility index (Phi) is 2.78. The van der Waals surface area contributed by atoms with Crippen LogP contribution < -0.4 is 5.32 Å². The molecule has 1 saturated carbocycles. The minimum Gasteiger partial charge on any atom is -0.480 e. The number of nitrogens with zero attached hydrogens (tertiary/aromatic N) is 2. The van der Waals surface area contributed by atoms with Crippen LogP contribution in [0, 0.1) is 6.92 Å². The molecule has 19 heavy (non-hydrogen) atoms. The van der Waals surface area contributed by atoms with Crippen molar-refractivity contribution in [2.24, 2.45) is 0 Å². The highest BCUT2D eigenvalue weighted by atomic mass is 16.4. The zero-order valence-electron chi connectivity index (χ0n) is 10.9. The maximum atomic E-state index is 11.3. The fourth-order valence-electron chi connectivity index (χ4n) is 2.50. The van der Waals surface area contributed by atoms with Crippen molar-refractivity contribution in [3.8, 4) is 0 Å². The number of carboxylic acids is 1. The summed E-state index contributed by atoms with van der Waals surface area (Å²) in [7, 11) is 0. The first-order chi connectivity index (χ1) is 9.09. The molecule has 2 aromatic heterocycles. The molecule has 0 amide bonds. The summed E-state index contributed by atoms with van der Waals surface area (Å²) in [6.07, 6.45) is 6.35. The van der Waals surface area contributed by atoms with E-state index in [1.807, 2.05) is 35.9 Å². The minimum absolute atomic E-state index is 0.493. The Bertz CT molecular complexity index is 629. The summed E-state index contributed by atoms with van der Waals surface area (Å²) in [6, 6.07) is 3.99. The van der Waals surface area contributed by atoms with E-state index in [2.05, 4.69) is 10.3 Å². The quantitative estimate of drug-likeness (QED) is 0.877. The number of hydrogen-bond donors (Lipinski definition) is 2. The van der Waals surface area contributed by atoms with Crippen molar-refractivity contribution in [2.75, 3.05) is 0 Å². The third kappa shape index (κ3) is 2.10. The van der Waals surface area contributed by atoms with Gasteiger partial charge in [0.2, 0.25) is 0 Å². The number of aliphatic carboxylic acids is 1. The van der Waals surface area contributed by atoms with E-state index in [-0.39, 0.29) is 0 Å². The molecule has 0 spiro atoms. The summed E-state index contributed by atoms with van der Waals surface area (Å²) in [6.45, 7) is 2.53. The van der Waals surface area contributed by atoms with Crippen LogP contribution in [0.15, 0.2) is 24.5 Å². The largest absolute Gasteiger partial charge is 0.480 e. The highest BCUT2D eigenvalue weighted by Crippen LogP contribution is 2.32. The van der Waals surface area contributed by atoms with Crippen LogP contribution in [0.5, 0.6) is 0 Å². The predicted octanol–water partition coefficient (Wildman–Crippen LogP) is 1.74. The van der Waals surface area contributed by atoms with Crippen molar-refractivity contribution in [3.05, 3.63) is 35.8 Å². The van der Waals surface area contributed by atoms with E-state index in [4.69, 9.17) is 0 Å². The van der Waals surface area contributed by atoms with Crippen molar-refractivity contribution in [2.45, 2.75) is 38.3 Å². The Balaban J connectivity index is 1.76. The molecule has 1 aliphatic rings. The summed E-state index contributed by atoms with van der Waals surface area (Å²) in [5.41, 5.74) is 2.20. The zero-order chi connectivity index (χ0) is 13.5. The first-order valence-corrected chi connectivity index (χ1v) is 6.52. The molecule has 2 N–H and O–H groups in total. The number of pyridine rings is 1. The van der Waals surface area contributed by atoms with E-state index in [0.29, 0.717) is 19.4 Å². The fourth-order valence-corrected chi connectivity index (χ4v) is 2.50.